The van der Waals surface area contributed by atoms with Gasteiger partial charge in [-0.2, -0.15) is 0 Å². The molecule has 2 aliphatic rings. The summed E-state index contributed by atoms with van der Waals surface area (Å²) in [5.74, 6) is 0.0663. The van der Waals surface area contributed by atoms with Crippen LogP contribution in [-0.2, 0) is 9.53 Å². The van der Waals surface area contributed by atoms with E-state index in [1.54, 1.807) is 0 Å². The second kappa shape index (κ2) is 15.0. The molecular weight excluding hydrogens is 584 g/mol. The quantitative estimate of drug-likeness (QED) is 0.249. The fourth-order valence-corrected chi connectivity index (χ4v) is 6.62. The van der Waals surface area contributed by atoms with Crippen molar-refractivity contribution in [1.29, 1.82) is 0 Å². The second-order valence-electron chi connectivity index (χ2n) is 12.0. The molecular formula is C37H41ClN4O3. The molecule has 7 nitrogen and oxygen atoms in total. The zero-order valence-corrected chi connectivity index (χ0v) is 26.3. The predicted molar refractivity (Wildman–Crippen MR) is 180 cm³/mol. The van der Waals surface area contributed by atoms with Crippen molar-refractivity contribution in [2.45, 2.75) is 30.8 Å². The molecule has 0 saturated carbocycles. The summed E-state index contributed by atoms with van der Waals surface area (Å²) in [4.78, 5) is 31.8. The molecule has 2 atom stereocenters. The van der Waals surface area contributed by atoms with E-state index in [4.69, 9.17) is 16.3 Å². The number of ether oxygens (including phenoxy) is 1. The van der Waals surface area contributed by atoms with Gasteiger partial charge in [-0.25, -0.2) is 0 Å². The van der Waals surface area contributed by atoms with E-state index in [2.05, 4.69) is 64.1 Å². The SMILES string of the molecule is O=C(NC[C@@H]1CCN(CC(c2ccccc2)c2ccccc2)C(=O)[C@H](CCN2CCOCC2)N1)c1ccc2cc(Cl)ccc2c1. The summed E-state index contributed by atoms with van der Waals surface area (Å²) in [6.07, 6.45) is 1.45. The molecule has 8 heteroatoms. The van der Waals surface area contributed by atoms with Crippen molar-refractivity contribution in [2.24, 2.45) is 0 Å². The first-order valence-electron chi connectivity index (χ1n) is 16.0. The Hall–Kier alpha value is -3.75. The normalized spacial score (nSPS) is 19.5. The van der Waals surface area contributed by atoms with Crippen LogP contribution >= 0.6 is 11.6 Å². The number of amides is 2. The molecule has 2 heterocycles. The molecule has 2 fully saturated rings. The highest BCUT2D eigenvalue weighted by Crippen LogP contribution is 2.27. The maximum Gasteiger partial charge on any atom is 0.251 e. The number of rotatable bonds is 10. The van der Waals surface area contributed by atoms with Crippen molar-refractivity contribution in [3.05, 3.63) is 119 Å². The smallest absolute Gasteiger partial charge is 0.251 e. The second-order valence-corrected chi connectivity index (χ2v) is 12.5. The molecule has 0 spiro atoms. The van der Waals surface area contributed by atoms with Gasteiger partial charge in [-0.3, -0.25) is 14.5 Å². The number of fused-ring (bicyclic) bond motifs is 1. The van der Waals surface area contributed by atoms with Gasteiger partial charge in [0.15, 0.2) is 0 Å². The number of benzene rings is 4. The Bertz CT molecular complexity index is 1540. The van der Waals surface area contributed by atoms with Crippen LogP contribution in [0, 0.1) is 0 Å². The van der Waals surface area contributed by atoms with Gasteiger partial charge in [0.05, 0.1) is 19.3 Å². The molecule has 2 N–H and O–H groups in total. The first-order chi connectivity index (χ1) is 22.0. The van der Waals surface area contributed by atoms with Crippen LogP contribution in [0.25, 0.3) is 10.8 Å². The van der Waals surface area contributed by atoms with Crippen LogP contribution in [0.15, 0.2) is 97.1 Å². The van der Waals surface area contributed by atoms with E-state index in [9.17, 15) is 9.59 Å². The third kappa shape index (κ3) is 8.10. The predicted octanol–water partition coefficient (Wildman–Crippen LogP) is 5.34. The van der Waals surface area contributed by atoms with Gasteiger partial charge >= 0.3 is 0 Å². The molecule has 2 amide bonds. The molecule has 6 rings (SSSR count). The zero-order valence-electron chi connectivity index (χ0n) is 25.5. The third-order valence-electron chi connectivity index (χ3n) is 9.01. The van der Waals surface area contributed by atoms with Gasteiger partial charge in [-0.05, 0) is 59.0 Å². The maximum atomic E-state index is 14.2. The van der Waals surface area contributed by atoms with Gasteiger partial charge in [0.2, 0.25) is 5.91 Å². The lowest BCUT2D eigenvalue weighted by molar-refractivity contribution is -0.133. The largest absolute Gasteiger partial charge is 0.379 e. The van der Waals surface area contributed by atoms with E-state index in [1.165, 1.54) is 11.1 Å². The van der Waals surface area contributed by atoms with Crippen molar-refractivity contribution in [2.75, 3.05) is 52.5 Å². The molecule has 0 bridgehead atoms. The monoisotopic (exact) mass is 624 g/mol. The average Bonchev–Trinajstić information content (AvgIpc) is 3.23. The topological polar surface area (TPSA) is 73.9 Å². The molecule has 2 aliphatic heterocycles. The minimum atomic E-state index is -0.338. The minimum Gasteiger partial charge on any atom is -0.379 e. The Morgan fingerprint density at radius 2 is 1.56 bits per heavy atom. The first-order valence-corrected chi connectivity index (χ1v) is 16.3. The van der Waals surface area contributed by atoms with Crippen LogP contribution in [-0.4, -0.2) is 86.2 Å². The van der Waals surface area contributed by atoms with E-state index in [1.807, 2.05) is 53.4 Å². The Kier molecular flexibility index (Phi) is 10.4. The highest BCUT2D eigenvalue weighted by Gasteiger charge is 2.33. The number of morpholine rings is 1. The van der Waals surface area contributed by atoms with E-state index in [-0.39, 0.29) is 29.8 Å². The Morgan fingerprint density at radius 1 is 0.889 bits per heavy atom. The van der Waals surface area contributed by atoms with Crippen molar-refractivity contribution in [1.82, 2.24) is 20.4 Å². The Labute approximate surface area is 270 Å². The number of carbonyl (C=O) groups is 2. The molecule has 45 heavy (non-hydrogen) atoms. The number of halogens is 1. The van der Waals surface area contributed by atoms with Crippen molar-refractivity contribution >= 4 is 34.2 Å². The van der Waals surface area contributed by atoms with Crippen LogP contribution in [0.2, 0.25) is 5.02 Å². The standard InChI is InChI=1S/C37H41ClN4O3/c38-32-14-13-29-23-31(12-11-30(29)24-32)36(43)39-25-33-15-18-42(37(44)35(40-33)16-17-41-19-21-45-22-20-41)26-34(27-7-3-1-4-8-27)28-9-5-2-6-10-28/h1-14,23-24,33-35,40H,15-22,25-26H2,(H,39,43)/t33-,35-/m0/s1. The Morgan fingerprint density at radius 3 is 2.27 bits per heavy atom. The minimum absolute atomic E-state index is 0.0382. The van der Waals surface area contributed by atoms with Crippen LogP contribution < -0.4 is 10.6 Å². The van der Waals surface area contributed by atoms with Gasteiger partial charge in [0.1, 0.15) is 0 Å². The fourth-order valence-electron chi connectivity index (χ4n) is 6.44. The molecule has 2 saturated heterocycles. The van der Waals surface area contributed by atoms with Gasteiger partial charge in [-0.1, -0.05) is 84.4 Å². The van der Waals surface area contributed by atoms with Crippen LogP contribution in [0.4, 0.5) is 0 Å². The lowest BCUT2D eigenvalue weighted by atomic mass is 9.90. The van der Waals surface area contributed by atoms with Crippen LogP contribution in [0.5, 0.6) is 0 Å². The van der Waals surface area contributed by atoms with Gasteiger partial charge < -0.3 is 20.3 Å². The number of carbonyl (C=O) groups excluding carboxylic acids is 2. The van der Waals surface area contributed by atoms with Crippen molar-refractivity contribution < 1.29 is 14.3 Å². The average molecular weight is 625 g/mol. The summed E-state index contributed by atoms with van der Waals surface area (Å²) < 4.78 is 5.54. The first kappa shape index (κ1) is 31.2. The molecule has 4 aromatic rings. The van der Waals surface area contributed by atoms with Gasteiger partial charge in [0, 0.05) is 61.8 Å². The lowest BCUT2D eigenvalue weighted by Crippen LogP contribution is -2.50. The van der Waals surface area contributed by atoms with E-state index < -0.39 is 0 Å². The lowest BCUT2D eigenvalue weighted by Gasteiger charge is -2.31. The number of hydrogen-bond acceptors (Lipinski definition) is 5. The summed E-state index contributed by atoms with van der Waals surface area (Å²) in [6.45, 7) is 5.69. The summed E-state index contributed by atoms with van der Waals surface area (Å²) in [7, 11) is 0. The number of hydrogen-bond donors (Lipinski definition) is 2. The molecule has 0 radical (unpaired) electrons. The fraction of sp³-hybridized carbons (Fsp3) is 0.351. The summed E-state index contributed by atoms with van der Waals surface area (Å²) >= 11 is 6.14. The molecule has 234 valence electrons. The van der Waals surface area contributed by atoms with E-state index in [0.717, 1.165) is 50.0 Å². The van der Waals surface area contributed by atoms with E-state index in [0.29, 0.717) is 36.6 Å². The summed E-state index contributed by atoms with van der Waals surface area (Å²) in [5, 5.41) is 9.42. The summed E-state index contributed by atoms with van der Waals surface area (Å²) in [5.41, 5.74) is 2.99. The van der Waals surface area contributed by atoms with E-state index >= 15 is 0 Å². The molecule has 0 aliphatic carbocycles. The number of nitrogens with zero attached hydrogens (tertiary/aromatic N) is 2. The highest BCUT2D eigenvalue weighted by atomic mass is 35.5. The van der Waals surface area contributed by atoms with Crippen LogP contribution in [0.3, 0.4) is 0 Å². The third-order valence-corrected chi connectivity index (χ3v) is 9.25. The van der Waals surface area contributed by atoms with Crippen molar-refractivity contribution in [3.63, 3.8) is 0 Å². The zero-order chi connectivity index (χ0) is 31.0. The van der Waals surface area contributed by atoms with Crippen LogP contribution in [0.1, 0.15) is 40.2 Å². The molecule has 0 unspecified atom stereocenters. The molecule has 4 aromatic carbocycles. The maximum absolute atomic E-state index is 14.2. The van der Waals surface area contributed by atoms with Crippen molar-refractivity contribution in [3.8, 4) is 0 Å². The molecule has 0 aromatic heterocycles. The Balaban J connectivity index is 1.17. The highest BCUT2D eigenvalue weighted by molar-refractivity contribution is 6.31. The summed E-state index contributed by atoms with van der Waals surface area (Å²) in [6, 6.07) is 31.8. The van der Waals surface area contributed by atoms with Gasteiger partial charge in [0.25, 0.3) is 5.91 Å². The number of nitrogens with one attached hydrogen (secondary N) is 2. The van der Waals surface area contributed by atoms with Gasteiger partial charge in [-0.15, -0.1) is 0 Å².